The van der Waals surface area contributed by atoms with Crippen molar-refractivity contribution in [2.45, 2.75) is 25.8 Å². The molecule has 4 rings (SSSR count). The van der Waals surface area contributed by atoms with Crippen molar-refractivity contribution in [1.82, 2.24) is 4.98 Å². The van der Waals surface area contributed by atoms with Gasteiger partial charge < -0.3 is 14.4 Å². The molecule has 0 aliphatic carbocycles. The van der Waals surface area contributed by atoms with Gasteiger partial charge in [0.25, 0.3) is 0 Å². The van der Waals surface area contributed by atoms with E-state index in [-0.39, 0.29) is 12.0 Å². The molecule has 178 valence electrons. The Labute approximate surface area is 207 Å². The van der Waals surface area contributed by atoms with Crippen LogP contribution in [0, 0.1) is 6.92 Å². The van der Waals surface area contributed by atoms with E-state index in [0.717, 1.165) is 46.3 Å². The molecule has 1 atom stereocenters. The molecule has 0 spiro atoms. The molecule has 1 aliphatic heterocycles. The zero-order valence-corrected chi connectivity index (χ0v) is 20.9. The number of rotatable bonds is 5. The van der Waals surface area contributed by atoms with Gasteiger partial charge in [-0.05, 0) is 44.0 Å². The van der Waals surface area contributed by atoms with E-state index in [1.54, 1.807) is 11.0 Å². The molecule has 1 saturated heterocycles. The summed E-state index contributed by atoms with van der Waals surface area (Å²) in [6.45, 7) is 3.22. The second-order valence-electron chi connectivity index (χ2n) is 8.01. The van der Waals surface area contributed by atoms with E-state index in [1.165, 1.54) is 25.6 Å². The summed E-state index contributed by atoms with van der Waals surface area (Å²) in [5, 5.41) is 2.22. The number of esters is 1. The van der Waals surface area contributed by atoms with Gasteiger partial charge in [-0.3, -0.25) is 4.90 Å². The summed E-state index contributed by atoms with van der Waals surface area (Å²) < 4.78 is 10.2. The van der Waals surface area contributed by atoms with Crippen LogP contribution in [-0.2, 0) is 9.47 Å². The number of amides is 1. The van der Waals surface area contributed by atoms with Gasteiger partial charge in [-0.15, -0.1) is 0 Å². The Bertz CT molecular complexity index is 1180. The van der Waals surface area contributed by atoms with Gasteiger partial charge in [0.1, 0.15) is 10.0 Å². The average molecular weight is 500 g/mol. The van der Waals surface area contributed by atoms with Crippen LogP contribution in [-0.4, -0.2) is 50.4 Å². The van der Waals surface area contributed by atoms with Crippen molar-refractivity contribution in [3.8, 4) is 10.6 Å². The van der Waals surface area contributed by atoms with Gasteiger partial charge in [0.2, 0.25) is 0 Å². The Balaban J connectivity index is 1.66. The molecule has 34 heavy (non-hydrogen) atoms. The summed E-state index contributed by atoms with van der Waals surface area (Å²) >= 11 is 7.48. The summed E-state index contributed by atoms with van der Waals surface area (Å²) in [6.07, 6.45) is 1.23. The zero-order chi connectivity index (χ0) is 24.2. The fourth-order valence-corrected chi connectivity index (χ4v) is 5.50. The lowest BCUT2D eigenvalue weighted by Crippen LogP contribution is -2.51. The first-order valence-electron chi connectivity index (χ1n) is 11.0. The molecule has 3 aromatic rings. The number of aromatic nitrogens is 1. The molecule has 2 aromatic carbocycles. The quantitative estimate of drug-likeness (QED) is 0.413. The third kappa shape index (κ3) is 4.88. The topological polar surface area (TPSA) is 72.0 Å². The van der Waals surface area contributed by atoms with E-state index < -0.39 is 6.09 Å². The highest BCUT2D eigenvalue weighted by Gasteiger charge is 2.34. The van der Waals surface area contributed by atoms with Gasteiger partial charge in [-0.25, -0.2) is 14.6 Å². The standard InChI is InChI=1S/C25H26ClN3O4S/c1-16-23(34-22(27-16)17-10-12-18(26)13-11-17)29(25(31)33-3)19-7-6-14-28(15-19)21-9-5-4-8-20(21)24(30)32-2/h4-5,8-13,19H,6-7,14-15H2,1-3H3. The van der Waals surface area contributed by atoms with Gasteiger partial charge in [-0.1, -0.05) is 47.2 Å². The minimum atomic E-state index is -0.428. The van der Waals surface area contributed by atoms with Crippen molar-refractivity contribution in [3.05, 3.63) is 64.8 Å². The summed E-state index contributed by atoms with van der Waals surface area (Å²) in [7, 11) is 2.76. The Morgan fingerprint density at radius 2 is 1.85 bits per heavy atom. The molecule has 1 fully saturated rings. The third-order valence-corrected chi connectivity index (χ3v) is 7.32. The summed E-state index contributed by atoms with van der Waals surface area (Å²) in [5.41, 5.74) is 3.00. The molecule has 0 radical (unpaired) electrons. The van der Waals surface area contributed by atoms with Crippen LogP contribution < -0.4 is 9.80 Å². The van der Waals surface area contributed by atoms with Gasteiger partial charge in [0.15, 0.2) is 0 Å². The second kappa shape index (κ2) is 10.4. The molecule has 2 heterocycles. The first-order chi connectivity index (χ1) is 16.4. The molecule has 7 nitrogen and oxygen atoms in total. The number of benzene rings is 2. The van der Waals surface area contributed by atoms with Crippen LogP contribution in [0.25, 0.3) is 10.6 Å². The number of thiazole rings is 1. The number of nitrogens with zero attached hydrogens (tertiary/aromatic N) is 3. The van der Waals surface area contributed by atoms with Crippen LogP contribution in [0.4, 0.5) is 15.5 Å². The first kappa shape index (κ1) is 24.0. The van der Waals surface area contributed by atoms with Crippen LogP contribution >= 0.6 is 22.9 Å². The predicted molar refractivity (Wildman–Crippen MR) is 135 cm³/mol. The van der Waals surface area contributed by atoms with Crippen LogP contribution in [0.1, 0.15) is 28.9 Å². The monoisotopic (exact) mass is 499 g/mol. The Morgan fingerprint density at radius 1 is 1.12 bits per heavy atom. The Hall–Kier alpha value is -3.10. The Morgan fingerprint density at radius 3 is 2.56 bits per heavy atom. The van der Waals surface area contributed by atoms with Gasteiger partial charge in [0.05, 0.1) is 37.2 Å². The van der Waals surface area contributed by atoms with Crippen LogP contribution in [0.5, 0.6) is 0 Å². The molecule has 0 N–H and O–H groups in total. The number of hydrogen-bond acceptors (Lipinski definition) is 7. The highest BCUT2D eigenvalue weighted by molar-refractivity contribution is 7.19. The van der Waals surface area contributed by atoms with Gasteiger partial charge in [0, 0.05) is 23.7 Å². The molecule has 1 aliphatic rings. The normalized spacial score (nSPS) is 15.6. The number of halogens is 1. The van der Waals surface area contributed by atoms with Crippen molar-refractivity contribution < 1.29 is 19.1 Å². The molecule has 1 amide bonds. The van der Waals surface area contributed by atoms with E-state index in [2.05, 4.69) is 4.90 Å². The fraction of sp³-hybridized carbons (Fsp3) is 0.320. The predicted octanol–water partition coefficient (Wildman–Crippen LogP) is 5.80. The fourth-order valence-electron chi connectivity index (χ4n) is 4.24. The lowest BCUT2D eigenvalue weighted by atomic mass is 10.0. The number of carbonyl (C=O) groups excluding carboxylic acids is 2. The number of methoxy groups -OCH3 is 2. The average Bonchev–Trinajstić information content (AvgIpc) is 3.25. The SMILES string of the molecule is COC(=O)c1ccccc1N1CCCC(N(C(=O)OC)c2sc(-c3ccc(Cl)cc3)nc2C)C1. The summed E-state index contributed by atoms with van der Waals surface area (Å²) in [4.78, 5) is 33.9. The maximum absolute atomic E-state index is 13.0. The molecule has 0 saturated carbocycles. The molecule has 1 aromatic heterocycles. The number of piperidine rings is 1. The second-order valence-corrected chi connectivity index (χ2v) is 9.42. The maximum Gasteiger partial charge on any atom is 0.415 e. The Kier molecular flexibility index (Phi) is 7.38. The summed E-state index contributed by atoms with van der Waals surface area (Å²) in [5.74, 6) is -0.381. The summed E-state index contributed by atoms with van der Waals surface area (Å²) in [6, 6.07) is 14.7. The highest BCUT2D eigenvalue weighted by Crippen LogP contribution is 2.38. The maximum atomic E-state index is 13.0. The first-order valence-corrected chi connectivity index (χ1v) is 12.1. The van der Waals surface area contributed by atoms with Crippen molar-refractivity contribution in [2.75, 3.05) is 37.1 Å². The number of carbonyl (C=O) groups is 2. The molecule has 9 heteroatoms. The van der Waals surface area contributed by atoms with Crippen LogP contribution in [0.3, 0.4) is 0 Å². The lowest BCUT2D eigenvalue weighted by Gasteiger charge is -2.39. The molecular formula is C25H26ClN3O4S. The van der Waals surface area contributed by atoms with Gasteiger partial charge in [-0.2, -0.15) is 0 Å². The van der Waals surface area contributed by atoms with Crippen molar-refractivity contribution in [2.24, 2.45) is 0 Å². The molecular weight excluding hydrogens is 474 g/mol. The largest absolute Gasteiger partial charge is 0.465 e. The van der Waals surface area contributed by atoms with Crippen molar-refractivity contribution in [1.29, 1.82) is 0 Å². The van der Waals surface area contributed by atoms with E-state index >= 15 is 0 Å². The van der Waals surface area contributed by atoms with E-state index in [0.29, 0.717) is 17.1 Å². The molecule has 0 bridgehead atoms. The zero-order valence-electron chi connectivity index (χ0n) is 19.3. The molecule has 1 unspecified atom stereocenters. The van der Waals surface area contributed by atoms with Crippen molar-refractivity contribution >= 4 is 45.7 Å². The van der Waals surface area contributed by atoms with Crippen LogP contribution in [0.15, 0.2) is 48.5 Å². The number of aryl methyl sites for hydroxylation is 1. The number of para-hydroxylation sites is 1. The van der Waals surface area contributed by atoms with E-state index in [9.17, 15) is 9.59 Å². The number of hydrogen-bond donors (Lipinski definition) is 0. The number of ether oxygens (including phenoxy) is 2. The minimum Gasteiger partial charge on any atom is -0.465 e. The highest BCUT2D eigenvalue weighted by atomic mass is 35.5. The smallest absolute Gasteiger partial charge is 0.415 e. The minimum absolute atomic E-state index is 0.149. The van der Waals surface area contributed by atoms with Crippen molar-refractivity contribution in [3.63, 3.8) is 0 Å². The van der Waals surface area contributed by atoms with Gasteiger partial charge >= 0.3 is 12.1 Å². The van der Waals surface area contributed by atoms with Crippen LogP contribution in [0.2, 0.25) is 5.02 Å². The number of anilines is 2. The van der Waals surface area contributed by atoms with E-state index in [1.807, 2.05) is 49.4 Å². The van der Waals surface area contributed by atoms with E-state index in [4.69, 9.17) is 26.1 Å². The third-order valence-electron chi connectivity index (χ3n) is 5.87. The lowest BCUT2D eigenvalue weighted by molar-refractivity contribution is 0.0601.